The molecule has 0 rings (SSSR count). The average molecular weight is 254 g/mol. The van der Waals surface area contributed by atoms with E-state index in [0.29, 0.717) is 0 Å². The van der Waals surface area contributed by atoms with Crippen LogP contribution in [0, 0.1) is 35.6 Å². The van der Waals surface area contributed by atoms with Gasteiger partial charge in [-0.25, -0.2) is 0 Å². The molecule has 0 spiro atoms. The maximum absolute atomic E-state index is 8.33. The van der Waals surface area contributed by atoms with Gasteiger partial charge in [0.1, 0.15) is 0 Å². The summed E-state index contributed by atoms with van der Waals surface area (Å²) in [6.07, 6.45) is -2.33. The molecule has 0 aromatic rings. The van der Waals surface area contributed by atoms with E-state index in [4.69, 9.17) is 15.0 Å². The molecule has 0 aromatic heterocycles. The fraction of sp³-hybridized carbons (Fsp3) is 0. The normalized spacial score (nSPS) is 4.00. The summed E-state index contributed by atoms with van der Waals surface area (Å²) in [5.41, 5.74) is 0. The van der Waals surface area contributed by atoms with Crippen LogP contribution >= 0.6 is 0 Å². The van der Waals surface area contributed by atoms with Crippen LogP contribution in [0.3, 0.4) is 0 Å². The Bertz CT molecular complexity index is 33.8. The predicted molar refractivity (Wildman–Crippen MR) is 5.40 cm³/mol. The summed E-state index contributed by atoms with van der Waals surface area (Å²) in [4.78, 5) is 8.33. The second-order valence-corrected chi connectivity index (χ2v) is 0.250. The van der Waals surface area contributed by atoms with Crippen molar-refractivity contribution >= 4 is 6.16 Å². The molecule has 6 heavy (non-hydrogen) atoms. The largest absolute Gasteiger partial charge is 3.00 e. The average Bonchev–Trinajstić information content (AvgIpc) is 0.811. The standard InChI is InChI=1S/CH2O3.La.Mn/c2-1(3)4;;/h(H2,2,3,4);;/q;+3;+2/p-2. The summed E-state index contributed by atoms with van der Waals surface area (Å²) >= 11 is 0. The van der Waals surface area contributed by atoms with Gasteiger partial charge in [-0.3, -0.25) is 0 Å². The van der Waals surface area contributed by atoms with Gasteiger partial charge < -0.3 is 15.0 Å². The zero-order valence-electron chi connectivity index (χ0n) is 2.68. The van der Waals surface area contributed by atoms with E-state index >= 15 is 0 Å². The summed E-state index contributed by atoms with van der Waals surface area (Å²) in [6, 6.07) is 0. The molecule has 0 amide bonds. The minimum atomic E-state index is -2.33. The van der Waals surface area contributed by atoms with Gasteiger partial charge in [0.05, 0.1) is 0 Å². The van der Waals surface area contributed by atoms with Crippen LogP contribution in [-0.4, -0.2) is 6.16 Å². The van der Waals surface area contributed by atoms with Crippen molar-refractivity contribution < 1.29 is 67.7 Å². The van der Waals surface area contributed by atoms with Crippen LogP contribution in [0.5, 0.6) is 0 Å². The van der Waals surface area contributed by atoms with Crippen LogP contribution in [0.4, 0.5) is 4.79 Å². The first-order chi connectivity index (χ1) is 1.73. The van der Waals surface area contributed by atoms with E-state index in [1.165, 1.54) is 0 Å². The van der Waals surface area contributed by atoms with Crippen LogP contribution in [0.1, 0.15) is 0 Å². The van der Waals surface area contributed by atoms with E-state index < -0.39 is 6.16 Å². The second-order valence-electron chi connectivity index (χ2n) is 0.250. The number of hydrogen-bond acceptors (Lipinski definition) is 3. The van der Waals surface area contributed by atoms with Crippen LogP contribution < -0.4 is 10.2 Å². The fourth-order valence-electron chi connectivity index (χ4n) is 0. The van der Waals surface area contributed by atoms with Crippen molar-refractivity contribution in [2.24, 2.45) is 0 Å². The Morgan fingerprint density at radius 1 is 1.33 bits per heavy atom. The minimum Gasteiger partial charge on any atom is -0.652 e. The van der Waals surface area contributed by atoms with Crippen LogP contribution in [0.25, 0.3) is 0 Å². The zero-order chi connectivity index (χ0) is 3.58. The van der Waals surface area contributed by atoms with Crippen molar-refractivity contribution in [2.75, 3.05) is 0 Å². The van der Waals surface area contributed by atoms with Crippen LogP contribution in [0.2, 0.25) is 0 Å². The Kier molecular flexibility index (Phi) is 24.6. The number of rotatable bonds is 0. The molecule has 5 heteroatoms. The molecule has 0 saturated heterocycles. The summed E-state index contributed by atoms with van der Waals surface area (Å²) in [5, 5.41) is 16.7. The van der Waals surface area contributed by atoms with Crippen molar-refractivity contribution in [3.05, 3.63) is 0 Å². The van der Waals surface area contributed by atoms with E-state index in [0.717, 1.165) is 0 Å². The first kappa shape index (κ1) is 15.8. The Morgan fingerprint density at radius 3 is 1.33 bits per heavy atom. The topological polar surface area (TPSA) is 63.2 Å². The third kappa shape index (κ3) is 81.7. The third-order valence-electron chi connectivity index (χ3n) is 0. The van der Waals surface area contributed by atoms with Crippen LogP contribution in [-0.2, 0) is 17.1 Å². The molecule has 0 heterocycles. The Labute approximate surface area is 73.2 Å². The van der Waals surface area contributed by atoms with Crippen LogP contribution in [0.15, 0.2) is 0 Å². The van der Waals surface area contributed by atoms with Crippen molar-refractivity contribution in [1.29, 1.82) is 0 Å². The van der Waals surface area contributed by atoms with Crippen molar-refractivity contribution in [2.45, 2.75) is 0 Å². The van der Waals surface area contributed by atoms with E-state index in [2.05, 4.69) is 0 Å². The first-order valence-electron chi connectivity index (χ1n) is 0.612. The Balaban J connectivity index is -0.0000000450. The molecule has 1 radical (unpaired) electrons. The molecule has 0 aliphatic carbocycles. The van der Waals surface area contributed by atoms with E-state index in [-0.39, 0.29) is 52.7 Å². The van der Waals surface area contributed by atoms with Gasteiger partial charge in [0, 0.05) is 0 Å². The Morgan fingerprint density at radius 2 is 1.33 bits per heavy atom. The molecule has 0 unspecified atom stereocenters. The molecular weight excluding hydrogens is 254 g/mol. The van der Waals surface area contributed by atoms with Crippen molar-refractivity contribution in [3.63, 3.8) is 0 Å². The van der Waals surface area contributed by atoms with E-state index in [1.807, 2.05) is 0 Å². The smallest absolute Gasteiger partial charge is 0.652 e. The summed E-state index contributed by atoms with van der Waals surface area (Å²) in [6.45, 7) is 0. The summed E-state index contributed by atoms with van der Waals surface area (Å²) in [7, 11) is 0. The number of hydrogen-bond donors (Lipinski definition) is 0. The molecule has 0 aliphatic heterocycles. The molecular formula is CLaMnO3+3. The molecule has 0 N–H and O–H groups in total. The summed E-state index contributed by atoms with van der Waals surface area (Å²) in [5.74, 6) is 0. The summed E-state index contributed by atoms with van der Waals surface area (Å²) < 4.78 is 0. The molecule has 0 atom stereocenters. The molecule has 0 bridgehead atoms. The van der Waals surface area contributed by atoms with Gasteiger partial charge in [-0.15, -0.1) is 0 Å². The third-order valence-corrected chi connectivity index (χ3v) is 0. The van der Waals surface area contributed by atoms with Gasteiger partial charge in [-0.2, -0.15) is 0 Å². The van der Waals surface area contributed by atoms with E-state index in [1.54, 1.807) is 0 Å². The maximum Gasteiger partial charge on any atom is 3.00 e. The molecule has 0 aliphatic rings. The minimum absolute atomic E-state index is 0. The number of carbonyl (C=O) groups is 1. The molecule has 3 nitrogen and oxygen atoms in total. The van der Waals surface area contributed by atoms with E-state index in [9.17, 15) is 0 Å². The monoisotopic (exact) mass is 254 g/mol. The van der Waals surface area contributed by atoms with Gasteiger partial charge in [0.15, 0.2) is 0 Å². The van der Waals surface area contributed by atoms with Crippen molar-refractivity contribution in [1.82, 2.24) is 0 Å². The second kappa shape index (κ2) is 9.37. The maximum atomic E-state index is 8.33. The molecule has 0 saturated carbocycles. The Hall–Kier alpha value is 0.984. The van der Waals surface area contributed by atoms with Gasteiger partial charge in [0.25, 0.3) is 0 Å². The first-order valence-corrected chi connectivity index (χ1v) is 0.612. The molecule has 0 fully saturated rings. The van der Waals surface area contributed by atoms with Gasteiger partial charge in [0.2, 0.25) is 0 Å². The van der Waals surface area contributed by atoms with Crippen molar-refractivity contribution in [3.8, 4) is 0 Å². The predicted octanol–water partition coefficient (Wildman–Crippen LogP) is -2.45. The quantitative estimate of drug-likeness (QED) is 0.451. The van der Waals surface area contributed by atoms with Gasteiger partial charge in [-0.1, -0.05) is 0 Å². The molecule has 0 aromatic carbocycles. The van der Waals surface area contributed by atoms with Gasteiger partial charge >= 0.3 is 52.7 Å². The van der Waals surface area contributed by atoms with Gasteiger partial charge in [-0.05, 0) is 6.16 Å². The number of carboxylic acid groups (broad SMARTS) is 2. The SMILES string of the molecule is O=C([O-])[O-].[La+3].[Mn+2]. The number of carbonyl (C=O) groups excluding carboxylic acids is 1. The fourth-order valence-corrected chi connectivity index (χ4v) is 0. The zero-order valence-corrected chi connectivity index (χ0v) is 7.49. The molecule has 29 valence electrons.